The van der Waals surface area contributed by atoms with Gasteiger partial charge in [-0.25, -0.2) is 13.6 Å². The molecule has 33 heavy (non-hydrogen) atoms. The molecule has 0 bridgehead atoms. The van der Waals surface area contributed by atoms with Crippen LogP contribution in [0.5, 0.6) is 0 Å². The molecule has 0 spiro atoms. The summed E-state index contributed by atoms with van der Waals surface area (Å²) in [5.41, 5.74) is 4.62. The Kier molecular flexibility index (Phi) is 5.34. The number of benzene rings is 2. The molecule has 4 N–H and O–H groups in total. The lowest BCUT2D eigenvalue weighted by Crippen LogP contribution is -2.12. The smallest absolute Gasteiger partial charge is 0.256 e. The first-order valence-electron chi connectivity index (χ1n) is 11.0. The minimum absolute atomic E-state index is 0.0401. The van der Waals surface area contributed by atoms with Crippen LogP contribution in [0.3, 0.4) is 0 Å². The molecule has 1 aliphatic heterocycles. The molecule has 1 unspecified atom stereocenters. The molecule has 1 atom stereocenters. The fraction of sp³-hybridized carbons (Fsp3) is 0.240. The van der Waals surface area contributed by atoms with E-state index < -0.39 is 10.0 Å². The number of carbonyl (C=O) groups excluding carboxylic acids is 1. The normalized spacial score (nSPS) is 17.4. The largest absolute Gasteiger partial charge is 0.461 e. The molecular weight excluding hydrogens is 438 g/mol. The first-order valence-corrected chi connectivity index (χ1v) is 12.5. The SMILES string of the molecule is CC(Nc1ccccc1)c1c(C=C2C(=O)Nc3ccc(S(N)(=O)=O)cc32)oc2c1CCCC2. The maximum absolute atomic E-state index is 12.8. The van der Waals surface area contributed by atoms with Crippen LogP contribution in [0.1, 0.15) is 54.0 Å². The molecule has 1 aromatic heterocycles. The van der Waals surface area contributed by atoms with Crippen LogP contribution in [0, 0.1) is 0 Å². The molecule has 0 fully saturated rings. The molecule has 1 aliphatic carbocycles. The number of primary sulfonamides is 1. The standard InChI is InChI=1S/C25H25N3O4S/c1-15(27-16-7-3-2-4-8-16)24-18-9-5-6-10-22(18)32-23(24)14-20-19-13-17(33(26,30)31)11-12-21(19)28-25(20)29/h2-4,7-8,11-15,27H,5-6,9-10H2,1H3,(H,28,29)(H2,26,30,31). The van der Waals surface area contributed by atoms with Gasteiger partial charge in [0.2, 0.25) is 10.0 Å². The zero-order chi connectivity index (χ0) is 23.2. The van der Waals surface area contributed by atoms with Gasteiger partial charge in [-0.1, -0.05) is 18.2 Å². The summed E-state index contributed by atoms with van der Waals surface area (Å²) in [5.74, 6) is 1.28. The molecule has 2 aliphatic rings. The Morgan fingerprint density at radius 1 is 1.12 bits per heavy atom. The van der Waals surface area contributed by atoms with E-state index in [4.69, 9.17) is 9.56 Å². The number of carbonyl (C=O) groups is 1. The molecule has 0 saturated carbocycles. The third kappa shape index (κ3) is 4.07. The number of hydrogen-bond acceptors (Lipinski definition) is 5. The number of nitrogens with two attached hydrogens (primary N) is 1. The van der Waals surface area contributed by atoms with E-state index in [1.165, 1.54) is 17.7 Å². The fourth-order valence-corrected chi connectivity index (χ4v) is 5.21. The molecule has 2 heterocycles. The zero-order valence-corrected chi connectivity index (χ0v) is 19.0. The van der Waals surface area contributed by atoms with Crippen molar-refractivity contribution in [3.05, 3.63) is 76.7 Å². The number of amides is 1. The van der Waals surface area contributed by atoms with Crippen molar-refractivity contribution < 1.29 is 17.6 Å². The number of hydrogen-bond donors (Lipinski definition) is 3. The van der Waals surface area contributed by atoms with Crippen LogP contribution in [-0.4, -0.2) is 14.3 Å². The van der Waals surface area contributed by atoms with Gasteiger partial charge in [0.25, 0.3) is 5.91 Å². The highest BCUT2D eigenvalue weighted by atomic mass is 32.2. The molecular formula is C25H25N3O4S. The van der Waals surface area contributed by atoms with E-state index in [9.17, 15) is 13.2 Å². The van der Waals surface area contributed by atoms with Crippen LogP contribution in [-0.2, 0) is 27.7 Å². The van der Waals surface area contributed by atoms with Crippen molar-refractivity contribution in [3.8, 4) is 0 Å². The van der Waals surface area contributed by atoms with Crippen molar-refractivity contribution in [1.82, 2.24) is 0 Å². The number of rotatable bonds is 5. The lowest BCUT2D eigenvalue weighted by Gasteiger charge is -2.18. The van der Waals surface area contributed by atoms with Gasteiger partial charge in [0.1, 0.15) is 11.5 Å². The maximum atomic E-state index is 12.8. The second kappa shape index (κ2) is 8.20. The Balaban J connectivity index is 1.61. The molecule has 8 heteroatoms. The topological polar surface area (TPSA) is 114 Å². The lowest BCUT2D eigenvalue weighted by molar-refractivity contribution is -0.110. The number of nitrogens with one attached hydrogen (secondary N) is 2. The third-order valence-electron chi connectivity index (χ3n) is 6.21. The minimum atomic E-state index is -3.90. The quantitative estimate of drug-likeness (QED) is 0.483. The Morgan fingerprint density at radius 2 is 1.88 bits per heavy atom. The Morgan fingerprint density at radius 3 is 2.64 bits per heavy atom. The minimum Gasteiger partial charge on any atom is -0.461 e. The van der Waals surface area contributed by atoms with Crippen molar-refractivity contribution in [2.24, 2.45) is 5.14 Å². The van der Waals surface area contributed by atoms with Crippen LogP contribution >= 0.6 is 0 Å². The summed E-state index contributed by atoms with van der Waals surface area (Å²) in [4.78, 5) is 12.8. The monoisotopic (exact) mass is 463 g/mol. The summed E-state index contributed by atoms with van der Waals surface area (Å²) in [6.45, 7) is 2.08. The lowest BCUT2D eigenvalue weighted by atomic mass is 9.91. The van der Waals surface area contributed by atoms with Crippen molar-refractivity contribution in [2.45, 2.75) is 43.5 Å². The first kappa shape index (κ1) is 21.5. The van der Waals surface area contributed by atoms with Gasteiger partial charge in [-0.2, -0.15) is 0 Å². The number of anilines is 2. The molecule has 170 valence electrons. The molecule has 5 rings (SSSR count). The van der Waals surface area contributed by atoms with Crippen LogP contribution in [0.2, 0.25) is 0 Å². The van der Waals surface area contributed by atoms with Gasteiger partial charge in [-0.15, -0.1) is 0 Å². The molecule has 2 aromatic carbocycles. The van der Waals surface area contributed by atoms with E-state index >= 15 is 0 Å². The maximum Gasteiger partial charge on any atom is 0.256 e. The van der Waals surface area contributed by atoms with Gasteiger partial charge in [0.15, 0.2) is 0 Å². The number of aryl methyl sites for hydroxylation is 1. The van der Waals surface area contributed by atoms with E-state index in [1.54, 1.807) is 12.1 Å². The van der Waals surface area contributed by atoms with Crippen molar-refractivity contribution in [3.63, 3.8) is 0 Å². The van der Waals surface area contributed by atoms with Crippen LogP contribution < -0.4 is 15.8 Å². The van der Waals surface area contributed by atoms with E-state index in [-0.39, 0.29) is 16.8 Å². The Hall–Kier alpha value is -3.36. The third-order valence-corrected chi connectivity index (χ3v) is 7.12. The number of para-hydroxylation sites is 1. The Labute approximate surface area is 192 Å². The molecule has 0 radical (unpaired) electrons. The second-order valence-electron chi connectivity index (χ2n) is 8.49. The summed E-state index contributed by atoms with van der Waals surface area (Å²) < 4.78 is 30.0. The summed E-state index contributed by atoms with van der Waals surface area (Å²) in [6.07, 6.45) is 5.68. The van der Waals surface area contributed by atoms with Crippen molar-refractivity contribution in [1.29, 1.82) is 0 Å². The van der Waals surface area contributed by atoms with Crippen LogP contribution in [0.4, 0.5) is 11.4 Å². The molecule has 0 saturated heterocycles. The van der Waals surface area contributed by atoms with Crippen molar-refractivity contribution >= 4 is 39.0 Å². The van der Waals surface area contributed by atoms with Gasteiger partial charge in [0, 0.05) is 28.9 Å². The average Bonchev–Trinajstić information content (AvgIpc) is 3.30. The Bertz CT molecular complexity index is 1370. The summed E-state index contributed by atoms with van der Waals surface area (Å²) >= 11 is 0. The van der Waals surface area contributed by atoms with E-state index in [2.05, 4.69) is 17.6 Å². The van der Waals surface area contributed by atoms with Crippen LogP contribution in [0.25, 0.3) is 11.6 Å². The number of furan rings is 1. The predicted molar refractivity (Wildman–Crippen MR) is 128 cm³/mol. The number of fused-ring (bicyclic) bond motifs is 2. The molecule has 3 aromatic rings. The summed E-state index contributed by atoms with van der Waals surface area (Å²) in [6, 6.07) is 14.3. The summed E-state index contributed by atoms with van der Waals surface area (Å²) in [7, 11) is -3.90. The molecule has 1 amide bonds. The van der Waals surface area contributed by atoms with E-state index in [0.717, 1.165) is 42.7 Å². The van der Waals surface area contributed by atoms with Gasteiger partial charge in [-0.3, -0.25) is 4.79 Å². The van der Waals surface area contributed by atoms with Crippen molar-refractivity contribution in [2.75, 3.05) is 10.6 Å². The van der Waals surface area contributed by atoms with Gasteiger partial charge in [-0.05, 0) is 68.2 Å². The number of sulfonamides is 1. The highest BCUT2D eigenvalue weighted by molar-refractivity contribution is 7.89. The molecule has 7 nitrogen and oxygen atoms in total. The predicted octanol–water partition coefficient (Wildman–Crippen LogP) is 4.47. The highest BCUT2D eigenvalue weighted by Gasteiger charge is 2.30. The van der Waals surface area contributed by atoms with E-state index in [1.807, 2.05) is 30.3 Å². The fourth-order valence-electron chi connectivity index (χ4n) is 4.67. The van der Waals surface area contributed by atoms with E-state index in [0.29, 0.717) is 22.6 Å². The average molecular weight is 464 g/mol. The highest BCUT2D eigenvalue weighted by Crippen LogP contribution is 2.40. The second-order valence-corrected chi connectivity index (χ2v) is 10.0. The summed E-state index contributed by atoms with van der Waals surface area (Å²) in [5, 5.41) is 11.6. The van der Waals surface area contributed by atoms with Gasteiger partial charge >= 0.3 is 0 Å². The van der Waals surface area contributed by atoms with Gasteiger partial charge in [0.05, 0.1) is 16.5 Å². The first-order chi connectivity index (χ1) is 15.8. The zero-order valence-electron chi connectivity index (χ0n) is 18.2. The van der Waals surface area contributed by atoms with Gasteiger partial charge < -0.3 is 15.1 Å². The van der Waals surface area contributed by atoms with Crippen LogP contribution in [0.15, 0.2) is 57.8 Å².